The summed E-state index contributed by atoms with van der Waals surface area (Å²) in [6, 6.07) is 0. The minimum absolute atomic E-state index is 0. The van der Waals surface area contributed by atoms with Crippen molar-refractivity contribution < 1.29 is 50.6 Å². The van der Waals surface area contributed by atoms with Gasteiger partial charge in [0, 0.05) is 57.2 Å². The molecule has 1 radical (unpaired) electrons. The number of nitrogens with zero attached hydrogens (tertiary/aromatic N) is 1. The number of rotatable bonds is 0. The van der Waals surface area contributed by atoms with Crippen LogP contribution in [-0.4, -0.2) is 0 Å². The van der Waals surface area contributed by atoms with Crippen molar-refractivity contribution in [2.24, 2.45) is 0 Å². The molecule has 0 bridgehead atoms. The molecule has 0 aromatic carbocycles. The van der Waals surface area contributed by atoms with E-state index < -0.39 is 0 Å². The predicted octanol–water partition coefficient (Wildman–Crippen LogP) is 0.132. The van der Waals surface area contributed by atoms with Crippen molar-refractivity contribution in [2.45, 2.75) is 0 Å². The van der Waals surface area contributed by atoms with Gasteiger partial charge in [-0.25, -0.2) is 5.26 Å². The van der Waals surface area contributed by atoms with E-state index >= 15 is 0 Å². The van der Waals surface area contributed by atoms with Crippen LogP contribution in [0.4, 0.5) is 0 Å². The van der Waals surface area contributed by atoms with Gasteiger partial charge in [-0.15, -0.1) is 0 Å². The van der Waals surface area contributed by atoms with E-state index in [1.807, 2.05) is 0 Å². The van der Waals surface area contributed by atoms with Crippen molar-refractivity contribution in [3.05, 3.63) is 0 Å². The predicted molar refractivity (Wildman–Crippen MR) is 6.67 cm³/mol. The van der Waals surface area contributed by atoms with E-state index in [9.17, 15) is 0 Å². The van der Waals surface area contributed by atoms with E-state index in [1.54, 1.807) is 0 Å². The molecule has 0 aliphatic rings. The molecule has 0 aromatic heterocycles. The molecule has 0 aliphatic carbocycles. The van der Waals surface area contributed by atoms with Gasteiger partial charge in [-0.3, -0.25) is 0 Å². The molecule has 0 saturated heterocycles. The monoisotopic (exact) mass is 204 g/mol. The summed E-state index contributed by atoms with van der Waals surface area (Å²) in [5, 5.41) is 6.50. The van der Waals surface area contributed by atoms with Crippen molar-refractivity contribution >= 4 is 0 Å². The summed E-state index contributed by atoms with van der Waals surface area (Å²) in [6.45, 7) is 3.50. The third kappa shape index (κ3) is 43.9. The third-order valence-electron chi connectivity index (χ3n) is 0. The average molecular weight is 205 g/mol. The molecule has 0 unspecified atom stereocenters. The van der Waals surface area contributed by atoms with Crippen LogP contribution in [0.15, 0.2) is 0 Å². The first-order valence-electron chi connectivity index (χ1n) is 0.258. The van der Waals surface area contributed by atoms with Crippen LogP contribution in [-0.2, 0) is 50.6 Å². The van der Waals surface area contributed by atoms with Crippen LogP contribution in [0.3, 0.4) is 0 Å². The molecule has 0 spiro atoms. The Bertz CT molecular complexity index is 16.4. The van der Waals surface area contributed by atoms with Crippen LogP contribution in [0.5, 0.6) is 0 Å². The zero-order chi connectivity index (χ0) is 2.00. The Morgan fingerprint density at radius 1 is 1.20 bits per heavy atom. The van der Waals surface area contributed by atoms with Crippen LogP contribution in [0, 0.1) is 11.8 Å². The Hall–Kier alpha value is 1.02. The van der Waals surface area contributed by atoms with Crippen molar-refractivity contribution in [1.29, 1.82) is 5.26 Å². The Kier molecular flexibility index (Phi) is 577. The van der Waals surface area contributed by atoms with E-state index in [4.69, 9.17) is 5.26 Å². The van der Waals surface area contributed by atoms with E-state index in [1.165, 1.54) is 0 Å². The fourth-order valence-corrected chi connectivity index (χ4v) is 0. The third-order valence-corrected chi connectivity index (χ3v) is 0. The first-order valence-corrected chi connectivity index (χ1v) is 0.258. The summed E-state index contributed by atoms with van der Waals surface area (Å²) in [4.78, 5) is 0. The summed E-state index contributed by atoms with van der Waals surface area (Å²) >= 11 is 0. The molecule has 1 nitrogen and oxygen atoms in total. The molecular weight excluding hydrogens is 204 g/mol. The largest absolute Gasteiger partial charge is 0.202 e. The first-order chi connectivity index (χ1) is 1.00. The van der Waals surface area contributed by atoms with Crippen molar-refractivity contribution in [2.75, 3.05) is 0 Å². The zero-order valence-corrected chi connectivity index (χ0v) is 5.03. The van der Waals surface area contributed by atoms with E-state index in [0.29, 0.717) is 0 Å². The molecule has 0 heterocycles. The fourth-order valence-electron chi connectivity index (χ4n) is 0. The second kappa shape index (κ2) is 77.7. The van der Waals surface area contributed by atoms with Crippen molar-refractivity contribution in [1.82, 2.24) is 0 Å². The van der Waals surface area contributed by atoms with Gasteiger partial charge >= 0.3 is 0 Å². The molecule has 5 heavy (non-hydrogen) atoms. The smallest absolute Gasteiger partial charge is 0.0462 e. The van der Waals surface area contributed by atoms with Crippen LogP contribution in [0.1, 0.15) is 0 Å². The molecule has 0 N–H and O–H groups in total. The van der Waals surface area contributed by atoms with Gasteiger partial charge in [0.25, 0.3) is 0 Å². The fraction of sp³-hybridized carbons (Fsp3) is 0. The quantitative estimate of drug-likeness (QED) is 0.516. The van der Waals surface area contributed by atoms with Gasteiger partial charge in [0.05, 0.1) is 0 Å². The van der Waals surface area contributed by atoms with Gasteiger partial charge in [-0.05, 0) is 0 Å². The topological polar surface area (TPSA) is 23.8 Å². The van der Waals surface area contributed by atoms with E-state index in [2.05, 4.69) is 6.57 Å². The van der Waals surface area contributed by atoms with Gasteiger partial charge in [0.15, 0.2) is 0 Å². The molecule has 0 atom stereocenters. The second-order valence-corrected chi connectivity index (χ2v) is 0. The molecule has 0 saturated carbocycles. The molecule has 0 rings (SSSR count). The van der Waals surface area contributed by atoms with Gasteiger partial charge in [0.2, 0.25) is 0 Å². The van der Waals surface area contributed by atoms with Crippen LogP contribution in [0.25, 0.3) is 0 Å². The molecular formula is CHCuFeNNi. The standard InChI is InChI=1S/CHN.Cu.Fe.Ni/c1-2;;;/h1H;;;. The Morgan fingerprint density at radius 2 is 1.20 bits per heavy atom. The van der Waals surface area contributed by atoms with Gasteiger partial charge in [0.1, 0.15) is 0 Å². The molecule has 0 amide bonds. The van der Waals surface area contributed by atoms with Crippen LogP contribution >= 0.6 is 0 Å². The summed E-state index contributed by atoms with van der Waals surface area (Å²) in [7, 11) is 0. The summed E-state index contributed by atoms with van der Waals surface area (Å²) in [5.41, 5.74) is 0. The Balaban J connectivity index is -0.00000000167. The van der Waals surface area contributed by atoms with E-state index in [-0.39, 0.29) is 50.6 Å². The maximum absolute atomic E-state index is 6.50. The van der Waals surface area contributed by atoms with Crippen LogP contribution < -0.4 is 0 Å². The Morgan fingerprint density at radius 3 is 1.20 bits per heavy atom. The molecule has 4 heteroatoms. The summed E-state index contributed by atoms with van der Waals surface area (Å²) in [6.07, 6.45) is 0. The SMILES string of the molecule is C#N.[Cu].[Fe].[Ni]. The van der Waals surface area contributed by atoms with Gasteiger partial charge < -0.3 is 0 Å². The first kappa shape index (κ1) is 37.1. The summed E-state index contributed by atoms with van der Waals surface area (Å²) in [5.74, 6) is 0. The second-order valence-electron chi connectivity index (χ2n) is 0. The molecule has 0 aliphatic heterocycles. The zero-order valence-electron chi connectivity index (χ0n) is 2.00. The maximum atomic E-state index is 6.50. The minimum atomic E-state index is 0. The van der Waals surface area contributed by atoms with Crippen LogP contribution in [0.2, 0.25) is 0 Å². The minimum Gasteiger partial charge on any atom is -0.202 e. The molecule has 39 valence electrons. The number of hydrogen-bond acceptors (Lipinski definition) is 1. The maximum Gasteiger partial charge on any atom is 0.0462 e. The van der Waals surface area contributed by atoms with Gasteiger partial charge in [-0.1, -0.05) is 0 Å². The normalized spacial score (nSPS) is 0.400. The molecule has 0 fully saturated rings. The van der Waals surface area contributed by atoms with Crippen molar-refractivity contribution in [3.63, 3.8) is 0 Å². The Labute approximate surface area is 62.4 Å². The number of hydrogen-bond donors (Lipinski definition) is 0. The van der Waals surface area contributed by atoms with E-state index in [0.717, 1.165) is 0 Å². The van der Waals surface area contributed by atoms with Crippen molar-refractivity contribution in [3.8, 4) is 6.57 Å². The molecule has 0 aromatic rings. The number of nitriles is 1. The summed E-state index contributed by atoms with van der Waals surface area (Å²) < 4.78 is 0. The average Bonchev–Trinajstić information content (AvgIpc) is 1.00. The van der Waals surface area contributed by atoms with Gasteiger partial charge in [-0.2, -0.15) is 0 Å².